The van der Waals surface area contributed by atoms with Crippen molar-refractivity contribution in [2.24, 2.45) is 0 Å². The Kier molecular flexibility index (Phi) is 1.52. The maximum Gasteiger partial charge on any atom is 0.162 e. The van der Waals surface area contributed by atoms with Gasteiger partial charge in [-0.3, -0.25) is 0 Å². The van der Waals surface area contributed by atoms with Crippen LogP contribution in [-0.4, -0.2) is 7.28 Å². The Hall–Kier alpha value is -0.715. The van der Waals surface area contributed by atoms with Gasteiger partial charge in [-0.05, 0) is 17.8 Å². The van der Waals surface area contributed by atoms with Gasteiger partial charge in [0.05, 0.1) is 0 Å². The lowest BCUT2D eigenvalue weighted by atomic mass is 9.52. The molecule has 1 aliphatic heterocycles. The molecule has 1 aromatic carbocycles. The summed E-state index contributed by atoms with van der Waals surface area (Å²) < 4.78 is 0. The zero-order valence-corrected chi connectivity index (χ0v) is 7.22. The van der Waals surface area contributed by atoms with Gasteiger partial charge in [0, 0.05) is 0 Å². The van der Waals surface area contributed by atoms with Crippen LogP contribution in [0.1, 0.15) is 30.9 Å². The first-order valence-electron chi connectivity index (χ1n) is 4.39. The Balaban J connectivity index is 2.38. The lowest BCUT2D eigenvalue weighted by Gasteiger charge is -2.19. The molecule has 0 radical (unpaired) electrons. The minimum absolute atomic E-state index is 0.681. The largest absolute Gasteiger partial charge is 0.162 e. The zero-order valence-electron chi connectivity index (χ0n) is 7.22. The van der Waals surface area contributed by atoms with E-state index in [2.05, 4.69) is 32.0 Å². The van der Waals surface area contributed by atoms with Gasteiger partial charge in [0.25, 0.3) is 0 Å². The minimum Gasteiger partial charge on any atom is -0.0814 e. The van der Waals surface area contributed by atoms with Crippen molar-refractivity contribution in [3.63, 3.8) is 0 Å². The van der Waals surface area contributed by atoms with Gasteiger partial charge in [-0.15, -0.1) is 0 Å². The molecule has 56 valence electrons. The van der Waals surface area contributed by atoms with Crippen molar-refractivity contribution >= 4 is 12.7 Å². The van der Waals surface area contributed by atoms with Crippen LogP contribution in [0.2, 0.25) is 0 Å². The summed E-state index contributed by atoms with van der Waals surface area (Å²) in [7, 11) is 1.30. The van der Waals surface area contributed by atoms with Gasteiger partial charge < -0.3 is 0 Å². The molecule has 0 amide bonds. The van der Waals surface area contributed by atoms with Crippen LogP contribution in [-0.2, 0) is 6.32 Å². The molecule has 11 heavy (non-hydrogen) atoms. The lowest BCUT2D eigenvalue weighted by molar-refractivity contribution is 0.866. The van der Waals surface area contributed by atoms with E-state index in [0.717, 1.165) is 0 Å². The predicted molar refractivity (Wildman–Crippen MR) is 51.0 cm³/mol. The second kappa shape index (κ2) is 2.40. The van der Waals surface area contributed by atoms with Gasteiger partial charge >= 0.3 is 0 Å². The molecule has 0 spiro atoms. The molecule has 1 aromatic rings. The van der Waals surface area contributed by atoms with Crippen LogP contribution >= 0.6 is 0 Å². The summed E-state index contributed by atoms with van der Waals surface area (Å²) in [6, 6.07) is 6.92. The van der Waals surface area contributed by atoms with Crippen LogP contribution in [0.5, 0.6) is 0 Å². The van der Waals surface area contributed by atoms with Crippen molar-refractivity contribution in [3.05, 3.63) is 29.3 Å². The Morgan fingerprint density at radius 2 is 2.18 bits per heavy atom. The highest BCUT2D eigenvalue weighted by molar-refractivity contribution is 6.59. The number of hydrogen-bond acceptors (Lipinski definition) is 0. The topological polar surface area (TPSA) is 0 Å². The molecule has 1 aliphatic rings. The molecule has 1 heterocycles. The zero-order chi connectivity index (χ0) is 7.84. The van der Waals surface area contributed by atoms with Crippen LogP contribution in [0.4, 0.5) is 0 Å². The highest BCUT2D eigenvalue weighted by Gasteiger charge is 2.14. The summed E-state index contributed by atoms with van der Waals surface area (Å²) in [6.45, 7) is 4.50. The molecule has 0 saturated heterocycles. The Morgan fingerprint density at radius 3 is 2.64 bits per heavy atom. The SMILES string of the molecule is CC(C)c1ccc2c(c1)BC2. The Morgan fingerprint density at radius 1 is 1.36 bits per heavy atom. The van der Waals surface area contributed by atoms with E-state index >= 15 is 0 Å². The van der Waals surface area contributed by atoms with Crippen molar-refractivity contribution < 1.29 is 0 Å². The second-order valence-corrected chi connectivity index (χ2v) is 3.68. The number of benzene rings is 1. The Labute approximate surface area is 68.9 Å². The van der Waals surface area contributed by atoms with Crippen molar-refractivity contribution in [1.29, 1.82) is 0 Å². The van der Waals surface area contributed by atoms with Crippen LogP contribution < -0.4 is 5.46 Å². The van der Waals surface area contributed by atoms with Crippen molar-refractivity contribution in [2.75, 3.05) is 0 Å². The Bertz CT molecular complexity index is 276. The summed E-state index contributed by atoms with van der Waals surface area (Å²) in [5.74, 6) is 0.681. The third-order valence-corrected chi connectivity index (χ3v) is 2.56. The molecule has 2 rings (SSSR count). The first kappa shape index (κ1) is 6.96. The maximum absolute atomic E-state index is 2.36. The quantitative estimate of drug-likeness (QED) is 0.522. The first-order chi connectivity index (χ1) is 5.27. The molecule has 0 nitrogen and oxygen atoms in total. The number of hydrogen-bond donors (Lipinski definition) is 0. The molecule has 0 bridgehead atoms. The van der Waals surface area contributed by atoms with E-state index in [4.69, 9.17) is 0 Å². The van der Waals surface area contributed by atoms with Gasteiger partial charge in [0.15, 0.2) is 7.28 Å². The van der Waals surface area contributed by atoms with Crippen LogP contribution in [0.3, 0.4) is 0 Å². The van der Waals surface area contributed by atoms with Crippen molar-refractivity contribution in [1.82, 2.24) is 0 Å². The summed E-state index contributed by atoms with van der Waals surface area (Å²) in [5, 5.41) is 0. The van der Waals surface area contributed by atoms with E-state index in [9.17, 15) is 0 Å². The molecule has 1 heteroatoms. The summed E-state index contributed by atoms with van der Waals surface area (Å²) in [4.78, 5) is 0. The van der Waals surface area contributed by atoms with Gasteiger partial charge in [0.2, 0.25) is 0 Å². The van der Waals surface area contributed by atoms with Crippen molar-refractivity contribution in [2.45, 2.75) is 26.1 Å². The van der Waals surface area contributed by atoms with Crippen LogP contribution in [0.15, 0.2) is 18.2 Å². The maximum atomic E-state index is 2.36. The predicted octanol–water partition coefficient (Wildman–Crippen LogP) is 1.39. The monoisotopic (exact) mass is 144 g/mol. The van der Waals surface area contributed by atoms with Crippen molar-refractivity contribution in [3.8, 4) is 0 Å². The molecule has 0 N–H and O–H groups in total. The van der Waals surface area contributed by atoms with Crippen LogP contribution in [0.25, 0.3) is 0 Å². The molecule has 0 aliphatic carbocycles. The molecule has 0 aromatic heterocycles. The molecule has 0 saturated carbocycles. The normalized spacial score (nSPS) is 13.7. The van der Waals surface area contributed by atoms with E-state index in [0.29, 0.717) is 5.92 Å². The highest BCUT2D eigenvalue weighted by Crippen LogP contribution is 2.16. The average Bonchev–Trinajstić information content (AvgIpc) is 1.91. The smallest absolute Gasteiger partial charge is 0.0814 e. The van der Waals surface area contributed by atoms with E-state index in [1.54, 1.807) is 11.0 Å². The standard InChI is InChI=1S/C10H13B/c1-7(2)8-3-4-9-6-11-10(9)5-8/h3-5,7,11H,6H2,1-2H3. The van der Waals surface area contributed by atoms with Crippen LogP contribution in [0, 0.1) is 0 Å². The third-order valence-electron chi connectivity index (χ3n) is 2.56. The molecular weight excluding hydrogens is 131 g/mol. The van der Waals surface area contributed by atoms with Gasteiger partial charge in [-0.1, -0.05) is 43.1 Å². The highest BCUT2D eigenvalue weighted by atomic mass is 14.1. The summed E-state index contributed by atoms with van der Waals surface area (Å²) in [5.41, 5.74) is 4.63. The molecular formula is C10H13B. The fraction of sp³-hybridized carbons (Fsp3) is 0.400. The van der Waals surface area contributed by atoms with Gasteiger partial charge in [0.1, 0.15) is 0 Å². The molecule has 0 unspecified atom stereocenters. The second-order valence-electron chi connectivity index (χ2n) is 3.68. The minimum atomic E-state index is 0.681. The summed E-state index contributed by atoms with van der Waals surface area (Å²) in [6.07, 6.45) is 1.30. The molecule has 0 atom stereocenters. The van der Waals surface area contributed by atoms with Gasteiger partial charge in [-0.2, -0.15) is 0 Å². The van der Waals surface area contributed by atoms with Gasteiger partial charge in [-0.25, -0.2) is 0 Å². The summed E-state index contributed by atoms with van der Waals surface area (Å²) >= 11 is 0. The lowest BCUT2D eigenvalue weighted by Crippen LogP contribution is -2.33. The number of fused-ring (bicyclic) bond motifs is 1. The van der Waals surface area contributed by atoms with E-state index < -0.39 is 0 Å². The first-order valence-corrected chi connectivity index (χ1v) is 4.39. The van der Waals surface area contributed by atoms with E-state index in [-0.39, 0.29) is 0 Å². The average molecular weight is 144 g/mol. The molecule has 0 fully saturated rings. The fourth-order valence-corrected chi connectivity index (χ4v) is 1.57. The fourth-order valence-electron chi connectivity index (χ4n) is 1.57. The number of rotatable bonds is 1. The third kappa shape index (κ3) is 1.09. The van der Waals surface area contributed by atoms with E-state index in [1.165, 1.54) is 19.2 Å². The van der Waals surface area contributed by atoms with E-state index in [1.807, 2.05) is 0 Å².